The summed E-state index contributed by atoms with van der Waals surface area (Å²) in [6, 6.07) is 0. The number of ketones is 2. The number of carbonyl (C=O) groups excluding carboxylic acids is 2. The van der Waals surface area contributed by atoms with Gasteiger partial charge in [0.05, 0.1) is 5.92 Å². The van der Waals surface area contributed by atoms with E-state index in [-0.39, 0.29) is 29.5 Å². The number of carboxylic acid groups (broad SMARTS) is 2. The summed E-state index contributed by atoms with van der Waals surface area (Å²) >= 11 is 0. The molecule has 0 aromatic rings. The van der Waals surface area contributed by atoms with E-state index in [0.717, 1.165) is 25.3 Å². The molecule has 3 unspecified atom stereocenters. The van der Waals surface area contributed by atoms with Gasteiger partial charge < -0.3 is 20.4 Å². The van der Waals surface area contributed by atoms with Crippen molar-refractivity contribution < 1.29 is 39.6 Å². The second-order valence-corrected chi connectivity index (χ2v) is 10.8. The van der Waals surface area contributed by atoms with Crippen molar-refractivity contribution in [1.29, 1.82) is 0 Å². The van der Waals surface area contributed by atoms with Crippen molar-refractivity contribution in [1.82, 2.24) is 0 Å². The maximum Gasteiger partial charge on any atom is 0.310 e. The van der Waals surface area contributed by atoms with Crippen LogP contribution in [0.25, 0.3) is 0 Å². The van der Waals surface area contributed by atoms with Gasteiger partial charge in [0.1, 0.15) is 17.6 Å². The lowest BCUT2D eigenvalue weighted by atomic mass is 9.51. The summed E-state index contributed by atoms with van der Waals surface area (Å²) < 4.78 is 0. The van der Waals surface area contributed by atoms with Gasteiger partial charge in [-0.3, -0.25) is 19.2 Å². The van der Waals surface area contributed by atoms with Crippen molar-refractivity contribution in [3.63, 3.8) is 0 Å². The second-order valence-electron chi connectivity index (χ2n) is 10.8. The molecule has 34 heavy (non-hydrogen) atoms. The van der Waals surface area contributed by atoms with Crippen LogP contribution >= 0.6 is 0 Å². The molecule has 0 amide bonds. The Bertz CT molecular complexity index is 1050. The topological polar surface area (TPSA) is 149 Å². The zero-order valence-electron chi connectivity index (χ0n) is 19.7. The maximum absolute atomic E-state index is 13.5. The van der Waals surface area contributed by atoms with Crippen molar-refractivity contribution >= 4 is 23.5 Å². The number of aliphatic hydroxyl groups is 2. The third kappa shape index (κ3) is 3.26. The lowest BCUT2D eigenvalue weighted by molar-refractivity contribution is -0.173. The van der Waals surface area contributed by atoms with Crippen LogP contribution in [0, 0.1) is 34.5 Å². The fourth-order valence-electron chi connectivity index (χ4n) is 7.12. The van der Waals surface area contributed by atoms with E-state index in [1.165, 1.54) is 5.57 Å². The predicted octanol–water partition coefficient (Wildman–Crippen LogP) is 2.30. The first-order chi connectivity index (χ1) is 15.8. The molecule has 0 aromatic carbocycles. The van der Waals surface area contributed by atoms with E-state index >= 15 is 0 Å². The Hall–Kier alpha value is -2.58. The summed E-state index contributed by atoms with van der Waals surface area (Å²) in [5.74, 6) is -7.44. The summed E-state index contributed by atoms with van der Waals surface area (Å²) in [6.45, 7) is 5.03. The molecule has 0 bridgehead atoms. The third-order valence-electron chi connectivity index (χ3n) is 9.33. The van der Waals surface area contributed by atoms with Crippen LogP contribution in [0.5, 0.6) is 0 Å². The van der Waals surface area contributed by atoms with Crippen LogP contribution in [0.15, 0.2) is 35.5 Å². The number of allylic oxidation sites excluding steroid dienone is 6. The molecule has 2 saturated carbocycles. The highest BCUT2D eigenvalue weighted by Gasteiger charge is 2.65. The fraction of sp³-hybridized carbons (Fsp3) is 0.615. The van der Waals surface area contributed by atoms with Crippen molar-refractivity contribution in [3.8, 4) is 0 Å². The summed E-state index contributed by atoms with van der Waals surface area (Å²) in [7, 11) is 0. The molecule has 8 heteroatoms. The Balaban J connectivity index is 1.68. The Labute approximate surface area is 198 Å². The molecule has 4 rings (SSSR count). The molecule has 0 saturated heterocycles. The van der Waals surface area contributed by atoms with Gasteiger partial charge in [-0.25, -0.2) is 0 Å². The van der Waals surface area contributed by atoms with E-state index in [0.29, 0.717) is 12.8 Å². The van der Waals surface area contributed by atoms with Crippen LogP contribution in [0.4, 0.5) is 0 Å². The molecule has 8 atom stereocenters. The van der Waals surface area contributed by atoms with Gasteiger partial charge in [-0.05, 0) is 63.0 Å². The predicted molar refractivity (Wildman–Crippen MR) is 120 cm³/mol. The molecule has 4 N–H and O–H groups in total. The SMILES string of the molecule is CC(C(=O)O)C(C(=O)O)C(O)C(=O)[C@@]1(O)CC[C@H]2[C@@H]3CCC4=CC(=O)C=C[C@]4(C)C3=CC[C@@]21C. The molecule has 4 aliphatic rings. The Morgan fingerprint density at radius 2 is 1.79 bits per heavy atom. The van der Waals surface area contributed by atoms with Crippen molar-refractivity contribution in [2.75, 3.05) is 0 Å². The molecule has 0 heterocycles. The highest BCUT2D eigenvalue weighted by molar-refractivity contribution is 6.01. The van der Waals surface area contributed by atoms with Crippen LogP contribution in [-0.2, 0) is 19.2 Å². The van der Waals surface area contributed by atoms with Crippen LogP contribution in [0.3, 0.4) is 0 Å². The number of carbonyl (C=O) groups is 4. The largest absolute Gasteiger partial charge is 0.481 e. The first kappa shape index (κ1) is 24.5. The minimum atomic E-state index is -2.14. The van der Waals surface area contributed by atoms with Crippen molar-refractivity contribution in [2.45, 2.75) is 64.6 Å². The average molecular weight is 473 g/mol. The van der Waals surface area contributed by atoms with E-state index < -0.39 is 46.7 Å². The van der Waals surface area contributed by atoms with Gasteiger partial charge >= 0.3 is 11.9 Å². The quantitative estimate of drug-likeness (QED) is 0.430. The van der Waals surface area contributed by atoms with E-state index in [9.17, 15) is 39.6 Å². The van der Waals surface area contributed by atoms with Gasteiger partial charge in [0.2, 0.25) is 0 Å². The molecule has 2 fully saturated rings. The average Bonchev–Trinajstić information content (AvgIpc) is 3.05. The molecule has 0 aliphatic heterocycles. The van der Waals surface area contributed by atoms with Crippen LogP contribution in [0.2, 0.25) is 0 Å². The summed E-state index contributed by atoms with van der Waals surface area (Å²) in [6.07, 6.45) is 7.58. The highest BCUT2D eigenvalue weighted by Crippen LogP contribution is 2.65. The van der Waals surface area contributed by atoms with E-state index in [1.807, 2.05) is 19.1 Å². The highest BCUT2D eigenvalue weighted by atomic mass is 16.4. The molecule has 184 valence electrons. The number of rotatable bonds is 6. The van der Waals surface area contributed by atoms with Gasteiger partial charge in [-0.1, -0.05) is 37.1 Å². The molecular weight excluding hydrogens is 440 g/mol. The molecule has 0 spiro atoms. The lowest BCUT2D eigenvalue weighted by Crippen LogP contribution is -2.59. The minimum Gasteiger partial charge on any atom is -0.481 e. The Morgan fingerprint density at radius 3 is 2.41 bits per heavy atom. The fourth-order valence-corrected chi connectivity index (χ4v) is 7.12. The van der Waals surface area contributed by atoms with Gasteiger partial charge in [-0.15, -0.1) is 0 Å². The van der Waals surface area contributed by atoms with Crippen LogP contribution in [-0.4, -0.2) is 55.6 Å². The second kappa shape index (κ2) is 7.99. The van der Waals surface area contributed by atoms with E-state index in [1.54, 1.807) is 12.2 Å². The third-order valence-corrected chi connectivity index (χ3v) is 9.33. The number of aliphatic hydroxyl groups excluding tert-OH is 1. The Morgan fingerprint density at radius 1 is 1.12 bits per heavy atom. The summed E-state index contributed by atoms with van der Waals surface area (Å²) in [4.78, 5) is 48.5. The smallest absolute Gasteiger partial charge is 0.310 e. The standard InChI is InChI=1S/C26H32O8/c1-13(22(30)31)19(23(32)33)20(28)21(29)26(34)11-8-18-16-5-4-14-12-15(27)6-9-24(14,2)17(16)7-10-25(18,26)3/h6-7,9,12-13,16,18-20,28,34H,4-5,8,10-11H2,1-3H3,(H,30,31)(H,32,33)/t13?,16-,18+,19?,20?,24+,25+,26+/m1/s1. The first-order valence-electron chi connectivity index (χ1n) is 11.8. The first-order valence-corrected chi connectivity index (χ1v) is 11.8. The molecule has 8 nitrogen and oxygen atoms in total. The van der Waals surface area contributed by atoms with E-state index in [2.05, 4.69) is 6.92 Å². The number of hydrogen-bond donors (Lipinski definition) is 4. The van der Waals surface area contributed by atoms with Crippen LogP contribution in [0.1, 0.15) is 52.9 Å². The molecule has 0 aromatic heterocycles. The number of carboxylic acids is 2. The summed E-state index contributed by atoms with van der Waals surface area (Å²) in [5.41, 5.74) is -1.04. The number of fused-ring (bicyclic) bond motifs is 5. The zero-order valence-corrected chi connectivity index (χ0v) is 19.7. The van der Waals surface area contributed by atoms with E-state index in [4.69, 9.17) is 0 Å². The van der Waals surface area contributed by atoms with Gasteiger partial charge in [0.25, 0.3) is 0 Å². The van der Waals surface area contributed by atoms with Gasteiger partial charge in [-0.2, -0.15) is 0 Å². The number of hydrogen-bond acceptors (Lipinski definition) is 6. The molecule has 4 aliphatic carbocycles. The van der Waals surface area contributed by atoms with Crippen LogP contribution < -0.4 is 0 Å². The lowest BCUT2D eigenvalue weighted by Gasteiger charge is -2.53. The molecule has 0 radical (unpaired) electrons. The van der Waals surface area contributed by atoms with Gasteiger partial charge in [0.15, 0.2) is 11.6 Å². The Kier molecular flexibility index (Phi) is 5.76. The minimum absolute atomic E-state index is 0.0226. The zero-order chi connectivity index (χ0) is 25.2. The normalized spacial score (nSPS) is 39.0. The van der Waals surface area contributed by atoms with Gasteiger partial charge in [0, 0.05) is 10.8 Å². The van der Waals surface area contributed by atoms with Crippen molar-refractivity contribution in [3.05, 3.63) is 35.5 Å². The number of aliphatic carboxylic acids is 2. The monoisotopic (exact) mass is 472 g/mol. The number of Topliss-reactive ketones (excluding diaryl/α,β-unsaturated/α-hetero) is 1. The maximum atomic E-state index is 13.5. The van der Waals surface area contributed by atoms with Crippen molar-refractivity contribution in [2.24, 2.45) is 34.5 Å². The molecular formula is C26H32O8. The summed E-state index contributed by atoms with van der Waals surface area (Å²) in [5, 5.41) is 41.3.